The Bertz CT molecular complexity index is 650. The molecule has 0 spiro atoms. The van der Waals surface area contributed by atoms with Gasteiger partial charge in [-0.2, -0.15) is 0 Å². The van der Waals surface area contributed by atoms with Gasteiger partial charge in [-0.3, -0.25) is 4.79 Å². The summed E-state index contributed by atoms with van der Waals surface area (Å²) in [7, 11) is 1.58. The molecular formula is C17H17BrO3. The molecule has 110 valence electrons. The largest absolute Gasteiger partial charge is 0.497 e. The molecule has 0 saturated carbocycles. The lowest BCUT2D eigenvalue weighted by Gasteiger charge is -2.14. The van der Waals surface area contributed by atoms with Crippen LogP contribution in [0.2, 0.25) is 0 Å². The van der Waals surface area contributed by atoms with Crippen molar-refractivity contribution >= 4 is 21.7 Å². The third-order valence-corrected chi connectivity index (χ3v) is 3.60. The maximum atomic E-state index is 12.8. The summed E-state index contributed by atoms with van der Waals surface area (Å²) in [5.41, 5.74) is 1.09. The average Bonchev–Trinajstić information content (AvgIpc) is 2.47. The Balaban J connectivity index is 2.45. The summed E-state index contributed by atoms with van der Waals surface area (Å²) in [4.78, 5) is 12.8. The molecule has 0 bridgehead atoms. The highest BCUT2D eigenvalue weighted by atomic mass is 79.9. The first-order valence-corrected chi connectivity index (χ1v) is 7.46. The van der Waals surface area contributed by atoms with E-state index in [4.69, 9.17) is 9.47 Å². The summed E-state index contributed by atoms with van der Waals surface area (Å²) >= 11 is 3.42. The van der Waals surface area contributed by atoms with Gasteiger partial charge in [0.2, 0.25) is 0 Å². The Morgan fingerprint density at radius 1 is 1.10 bits per heavy atom. The standard InChI is InChI=1S/C17H17BrO3/c1-11(2)21-16-7-5-4-6-13(16)17(19)14-10-12(20-3)8-9-15(14)18/h4-11H,1-3H3. The van der Waals surface area contributed by atoms with Crippen molar-refractivity contribution in [3.05, 3.63) is 58.1 Å². The van der Waals surface area contributed by atoms with Crippen molar-refractivity contribution in [3.63, 3.8) is 0 Å². The maximum absolute atomic E-state index is 12.8. The zero-order chi connectivity index (χ0) is 15.4. The summed E-state index contributed by atoms with van der Waals surface area (Å²) in [5.74, 6) is 1.13. The second-order valence-electron chi connectivity index (χ2n) is 4.84. The van der Waals surface area contributed by atoms with Crippen LogP contribution in [0.1, 0.15) is 29.8 Å². The summed E-state index contributed by atoms with van der Waals surface area (Å²) in [5, 5.41) is 0. The molecule has 3 nitrogen and oxygen atoms in total. The SMILES string of the molecule is COc1ccc(Br)c(C(=O)c2ccccc2OC(C)C)c1. The number of carbonyl (C=O) groups excluding carboxylic acids is 1. The van der Waals surface area contributed by atoms with E-state index in [2.05, 4.69) is 15.9 Å². The lowest BCUT2D eigenvalue weighted by atomic mass is 10.0. The minimum Gasteiger partial charge on any atom is -0.497 e. The van der Waals surface area contributed by atoms with Crippen LogP contribution in [0.25, 0.3) is 0 Å². The maximum Gasteiger partial charge on any atom is 0.198 e. The number of halogens is 1. The van der Waals surface area contributed by atoms with Gasteiger partial charge in [-0.1, -0.05) is 28.1 Å². The van der Waals surface area contributed by atoms with E-state index in [9.17, 15) is 4.79 Å². The van der Waals surface area contributed by atoms with E-state index in [0.717, 1.165) is 4.47 Å². The van der Waals surface area contributed by atoms with Crippen LogP contribution in [-0.4, -0.2) is 19.0 Å². The molecule has 0 unspecified atom stereocenters. The molecule has 0 fully saturated rings. The number of methoxy groups -OCH3 is 1. The summed E-state index contributed by atoms with van der Waals surface area (Å²) in [6.07, 6.45) is 0.00713. The molecule has 0 N–H and O–H groups in total. The molecule has 0 atom stereocenters. The highest BCUT2D eigenvalue weighted by molar-refractivity contribution is 9.10. The van der Waals surface area contributed by atoms with Crippen molar-refractivity contribution in [1.29, 1.82) is 0 Å². The fourth-order valence-corrected chi connectivity index (χ4v) is 2.39. The minimum absolute atomic E-state index is 0.00713. The highest BCUT2D eigenvalue weighted by Crippen LogP contribution is 2.28. The average molecular weight is 349 g/mol. The van der Waals surface area contributed by atoms with Gasteiger partial charge in [-0.15, -0.1) is 0 Å². The van der Waals surface area contributed by atoms with Gasteiger partial charge in [0.15, 0.2) is 5.78 Å². The van der Waals surface area contributed by atoms with E-state index in [1.165, 1.54) is 0 Å². The fourth-order valence-electron chi connectivity index (χ4n) is 1.96. The zero-order valence-electron chi connectivity index (χ0n) is 12.2. The zero-order valence-corrected chi connectivity index (χ0v) is 13.8. The Labute approximate surface area is 133 Å². The van der Waals surface area contributed by atoms with Crippen LogP contribution in [0.5, 0.6) is 11.5 Å². The quantitative estimate of drug-likeness (QED) is 0.747. The molecule has 0 aliphatic heterocycles. The normalized spacial score (nSPS) is 10.5. The Hall–Kier alpha value is -1.81. The molecule has 4 heteroatoms. The highest BCUT2D eigenvalue weighted by Gasteiger charge is 2.18. The number of para-hydroxylation sites is 1. The van der Waals surface area contributed by atoms with Gasteiger partial charge in [0, 0.05) is 10.0 Å². The molecule has 2 aromatic carbocycles. The molecule has 0 aromatic heterocycles. The van der Waals surface area contributed by atoms with Crippen molar-refractivity contribution in [2.75, 3.05) is 7.11 Å². The topological polar surface area (TPSA) is 35.5 Å². The van der Waals surface area contributed by atoms with Gasteiger partial charge in [-0.25, -0.2) is 0 Å². The molecule has 0 saturated heterocycles. The van der Waals surface area contributed by atoms with E-state index >= 15 is 0 Å². The van der Waals surface area contributed by atoms with E-state index in [-0.39, 0.29) is 11.9 Å². The summed E-state index contributed by atoms with van der Waals surface area (Å²) in [6, 6.07) is 12.6. The van der Waals surface area contributed by atoms with Crippen LogP contribution < -0.4 is 9.47 Å². The van der Waals surface area contributed by atoms with E-state index in [1.807, 2.05) is 26.0 Å². The number of ether oxygens (including phenoxy) is 2. The van der Waals surface area contributed by atoms with E-state index < -0.39 is 0 Å². The molecule has 0 radical (unpaired) electrons. The monoisotopic (exact) mass is 348 g/mol. The predicted octanol–water partition coefficient (Wildman–Crippen LogP) is 4.48. The third kappa shape index (κ3) is 3.64. The van der Waals surface area contributed by atoms with Crippen LogP contribution in [0.4, 0.5) is 0 Å². The molecule has 0 heterocycles. The van der Waals surface area contributed by atoms with Crippen molar-refractivity contribution in [2.45, 2.75) is 20.0 Å². The van der Waals surface area contributed by atoms with Gasteiger partial charge in [0.05, 0.1) is 18.8 Å². The number of hydrogen-bond acceptors (Lipinski definition) is 3. The molecule has 0 amide bonds. The minimum atomic E-state index is -0.1000. The smallest absolute Gasteiger partial charge is 0.198 e. The second-order valence-corrected chi connectivity index (χ2v) is 5.69. The molecule has 0 aliphatic carbocycles. The lowest BCUT2D eigenvalue weighted by molar-refractivity contribution is 0.103. The van der Waals surface area contributed by atoms with E-state index in [0.29, 0.717) is 22.6 Å². The molecule has 2 aromatic rings. The molecule has 2 rings (SSSR count). The van der Waals surface area contributed by atoms with Crippen molar-refractivity contribution < 1.29 is 14.3 Å². The number of carbonyl (C=O) groups is 1. The van der Waals surface area contributed by atoms with Crippen LogP contribution in [0.3, 0.4) is 0 Å². The number of ketones is 1. The predicted molar refractivity (Wildman–Crippen MR) is 86.3 cm³/mol. The number of benzene rings is 2. The summed E-state index contributed by atoms with van der Waals surface area (Å²) in [6.45, 7) is 3.87. The Morgan fingerprint density at radius 3 is 2.48 bits per heavy atom. The van der Waals surface area contributed by atoms with E-state index in [1.54, 1.807) is 37.4 Å². The van der Waals surface area contributed by atoms with Crippen molar-refractivity contribution in [3.8, 4) is 11.5 Å². The van der Waals surface area contributed by atoms with Gasteiger partial charge >= 0.3 is 0 Å². The third-order valence-electron chi connectivity index (χ3n) is 2.91. The number of hydrogen-bond donors (Lipinski definition) is 0. The first-order valence-electron chi connectivity index (χ1n) is 6.67. The second kappa shape index (κ2) is 6.76. The molecule has 21 heavy (non-hydrogen) atoms. The first kappa shape index (κ1) is 15.6. The Morgan fingerprint density at radius 2 is 1.81 bits per heavy atom. The van der Waals surface area contributed by atoms with Crippen LogP contribution in [0, 0.1) is 0 Å². The van der Waals surface area contributed by atoms with Crippen LogP contribution in [-0.2, 0) is 0 Å². The van der Waals surface area contributed by atoms with Crippen molar-refractivity contribution in [1.82, 2.24) is 0 Å². The number of rotatable bonds is 5. The van der Waals surface area contributed by atoms with Crippen molar-refractivity contribution in [2.24, 2.45) is 0 Å². The Kier molecular flexibility index (Phi) is 5.02. The molecule has 0 aliphatic rings. The first-order chi connectivity index (χ1) is 10.0. The lowest BCUT2D eigenvalue weighted by Crippen LogP contribution is -2.11. The summed E-state index contributed by atoms with van der Waals surface area (Å²) < 4.78 is 11.6. The van der Waals surface area contributed by atoms with Gasteiger partial charge in [-0.05, 0) is 44.2 Å². The van der Waals surface area contributed by atoms with Crippen LogP contribution in [0.15, 0.2) is 46.9 Å². The van der Waals surface area contributed by atoms with Crippen LogP contribution >= 0.6 is 15.9 Å². The molecular weight excluding hydrogens is 332 g/mol. The fraction of sp³-hybridized carbons (Fsp3) is 0.235. The van der Waals surface area contributed by atoms with Gasteiger partial charge in [0.25, 0.3) is 0 Å². The van der Waals surface area contributed by atoms with Gasteiger partial charge < -0.3 is 9.47 Å². The van der Waals surface area contributed by atoms with Gasteiger partial charge in [0.1, 0.15) is 11.5 Å².